The predicted octanol–water partition coefficient (Wildman–Crippen LogP) is 3.89. The second-order valence-corrected chi connectivity index (χ2v) is 5.14. The Hall–Kier alpha value is -1.77. The number of hydrogen-bond donors (Lipinski definition) is 0. The van der Waals surface area contributed by atoms with Crippen LogP contribution < -0.4 is 4.90 Å². The highest BCUT2D eigenvalue weighted by atomic mass is 16.5. The van der Waals surface area contributed by atoms with Crippen LogP contribution in [0.3, 0.4) is 0 Å². The Morgan fingerprint density at radius 1 is 1.20 bits per heavy atom. The van der Waals surface area contributed by atoms with Gasteiger partial charge in [0.2, 0.25) is 0 Å². The van der Waals surface area contributed by atoms with Gasteiger partial charge in [-0.1, -0.05) is 25.5 Å². The average molecular weight is 275 g/mol. The lowest BCUT2D eigenvalue weighted by Gasteiger charge is -2.14. The van der Waals surface area contributed by atoms with Crippen molar-refractivity contribution in [3.8, 4) is 0 Å². The maximum atomic E-state index is 11.9. The number of benzene rings is 1. The molecule has 0 spiro atoms. The summed E-state index contributed by atoms with van der Waals surface area (Å²) in [5.74, 6) is -0.215. The molecule has 0 saturated heterocycles. The van der Waals surface area contributed by atoms with Crippen molar-refractivity contribution in [1.29, 1.82) is 0 Å². The molecule has 0 aromatic heterocycles. The molecule has 0 aliphatic heterocycles. The molecule has 0 unspecified atom stereocenters. The smallest absolute Gasteiger partial charge is 0.334 e. The van der Waals surface area contributed by atoms with Crippen LogP contribution in [-0.4, -0.2) is 27.2 Å². The van der Waals surface area contributed by atoms with E-state index < -0.39 is 0 Å². The molecule has 0 heterocycles. The number of allylic oxidation sites excluding steroid dienone is 1. The van der Waals surface area contributed by atoms with E-state index >= 15 is 0 Å². The van der Waals surface area contributed by atoms with Crippen molar-refractivity contribution in [2.45, 2.75) is 33.1 Å². The lowest BCUT2D eigenvalue weighted by molar-refractivity contribution is -0.136. The molecule has 3 heteroatoms. The summed E-state index contributed by atoms with van der Waals surface area (Å²) in [7, 11) is 5.47. The molecule has 110 valence electrons. The molecule has 0 saturated carbocycles. The number of methoxy groups -OCH3 is 1. The van der Waals surface area contributed by atoms with Crippen molar-refractivity contribution in [2.24, 2.45) is 0 Å². The topological polar surface area (TPSA) is 29.5 Å². The van der Waals surface area contributed by atoms with Crippen LogP contribution in [0.1, 0.15) is 38.7 Å². The molecule has 0 atom stereocenters. The Balaban J connectivity index is 3.09. The van der Waals surface area contributed by atoms with Crippen molar-refractivity contribution >= 4 is 17.2 Å². The first-order valence-electron chi connectivity index (χ1n) is 7.07. The van der Waals surface area contributed by atoms with Gasteiger partial charge in [0.15, 0.2) is 0 Å². The summed E-state index contributed by atoms with van der Waals surface area (Å²) >= 11 is 0. The van der Waals surface area contributed by atoms with Gasteiger partial charge in [-0.2, -0.15) is 0 Å². The van der Waals surface area contributed by atoms with Crippen molar-refractivity contribution < 1.29 is 9.53 Å². The van der Waals surface area contributed by atoms with Crippen molar-refractivity contribution in [3.63, 3.8) is 0 Å². The van der Waals surface area contributed by atoms with Gasteiger partial charge >= 0.3 is 5.97 Å². The van der Waals surface area contributed by atoms with E-state index in [4.69, 9.17) is 4.74 Å². The molecule has 0 fully saturated rings. The van der Waals surface area contributed by atoms with E-state index in [1.54, 1.807) is 0 Å². The zero-order chi connectivity index (χ0) is 15.1. The molecule has 1 aromatic carbocycles. The number of hydrogen-bond acceptors (Lipinski definition) is 3. The number of carbonyl (C=O) groups excluding carboxylic acids is 1. The van der Waals surface area contributed by atoms with E-state index in [1.807, 2.05) is 21.0 Å². The van der Waals surface area contributed by atoms with Crippen LogP contribution in [0.25, 0.3) is 5.57 Å². The second kappa shape index (κ2) is 7.73. The molecule has 0 bridgehead atoms. The molecule has 0 N–H and O–H groups in total. The number of nitrogens with zero attached hydrogens (tertiary/aromatic N) is 1. The van der Waals surface area contributed by atoms with Gasteiger partial charge in [0, 0.05) is 25.4 Å². The Bertz CT molecular complexity index is 472. The summed E-state index contributed by atoms with van der Waals surface area (Å²) in [6.45, 7) is 4.11. The van der Waals surface area contributed by atoms with Crippen LogP contribution in [0.2, 0.25) is 0 Å². The zero-order valence-electron chi connectivity index (χ0n) is 13.2. The van der Waals surface area contributed by atoms with E-state index in [0.29, 0.717) is 0 Å². The monoisotopic (exact) mass is 275 g/mol. The minimum Gasteiger partial charge on any atom is -0.466 e. The average Bonchev–Trinajstić information content (AvgIpc) is 2.47. The van der Waals surface area contributed by atoms with Crippen molar-refractivity contribution in [2.75, 3.05) is 26.1 Å². The summed E-state index contributed by atoms with van der Waals surface area (Å²) in [4.78, 5) is 14.0. The van der Waals surface area contributed by atoms with Crippen molar-refractivity contribution in [3.05, 3.63) is 35.4 Å². The predicted molar refractivity (Wildman–Crippen MR) is 84.9 cm³/mol. The van der Waals surface area contributed by atoms with Crippen LogP contribution in [0.4, 0.5) is 5.69 Å². The second-order valence-electron chi connectivity index (χ2n) is 5.14. The Kier molecular flexibility index (Phi) is 6.29. The lowest BCUT2D eigenvalue weighted by atomic mass is 9.97. The zero-order valence-corrected chi connectivity index (χ0v) is 13.2. The van der Waals surface area contributed by atoms with Crippen LogP contribution in [-0.2, 0) is 9.53 Å². The molecule has 20 heavy (non-hydrogen) atoms. The van der Waals surface area contributed by atoms with Gasteiger partial charge < -0.3 is 9.64 Å². The first-order valence-corrected chi connectivity index (χ1v) is 7.07. The highest BCUT2D eigenvalue weighted by Gasteiger charge is 2.14. The fourth-order valence-corrected chi connectivity index (χ4v) is 2.10. The molecular formula is C17H25NO2. The normalized spacial score (nSPS) is 11.8. The highest BCUT2D eigenvalue weighted by Crippen LogP contribution is 2.25. The summed E-state index contributed by atoms with van der Waals surface area (Å²) in [6, 6.07) is 8.24. The largest absolute Gasteiger partial charge is 0.466 e. The first kappa shape index (κ1) is 16.3. The molecule has 1 rings (SSSR count). The Labute approximate surface area is 122 Å². The number of anilines is 1. The number of ether oxygens (including phenoxy) is 1. The SMILES string of the molecule is CCCC/C(C(=O)OC)=C(\C)c1ccc(N(C)C)cc1. The number of esters is 1. The van der Waals surface area contributed by atoms with Crippen molar-refractivity contribution in [1.82, 2.24) is 0 Å². The molecule has 0 amide bonds. The van der Waals surface area contributed by atoms with E-state index in [1.165, 1.54) is 7.11 Å². The molecule has 0 radical (unpaired) electrons. The third kappa shape index (κ3) is 4.12. The summed E-state index contributed by atoms with van der Waals surface area (Å²) in [5.41, 5.74) is 4.02. The quantitative estimate of drug-likeness (QED) is 0.582. The van der Waals surface area contributed by atoms with Gasteiger partial charge in [-0.15, -0.1) is 0 Å². The van der Waals surface area contributed by atoms with E-state index in [-0.39, 0.29) is 5.97 Å². The minimum absolute atomic E-state index is 0.215. The number of unbranched alkanes of at least 4 members (excludes halogenated alkanes) is 1. The van der Waals surface area contributed by atoms with Crippen LogP contribution in [0.5, 0.6) is 0 Å². The maximum absolute atomic E-state index is 11.9. The number of carbonyl (C=O) groups is 1. The van der Waals surface area contributed by atoms with E-state index in [0.717, 1.165) is 41.7 Å². The van der Waals surface area contributed by atoms with Gasteiger partial charge in [-0.3, -0.25) is 0 Å². The third-order valence-corrected chi connectivity index (χ3v) is 3.48. The minimum atomic E-state index is -0.215. The summed E-state index contributed by atoms with van der Waals surface area (Å²) in [6.07, 6.45) is 2.83. The maximum Gasteiger partial charge on any atom is 0.334 e. The van der Waals surface area contributed by atoms with Gasteiger partial charge in [0.1, 0.15) is 0 Å². The fraction of sp³-hybridized carbons (Fsp3) is 0.471. The Morgan fingerprint density at radius 2 is 1.80 bits per heavy atom. The third-order valence-electron chi connectivity index (χ3n) is 3.48. The lowest BCUT2D eigenvalue weighted by Crippen LogP contribution is -2.09. The summed E-state index contributed by atoms with van der Waals surface area (Å²) < 4.78 is 4.91. The fourth-order valence-electron chi connectivity index (χ4n) is 2.10. The molecule has 3 nitrogen and oxygen atoms in total. The van der Waals surface area contributed by atoms with Crippen LogP contribution >= 0.6 is 0 Å². The van der Waals surface area contributed by atoms with E-state index in [2.05, 4.69) is 36.1 Å². The van der Waals surface area contributed by atoms with Gasteiger partial charge in [0.05, 0.1) is 7.11 Å². The number of rotatable bonds is 6. The van der Waals surface area contributed by atoms with Gasteiger partial charge in [-0.05, 0) is 43.0 Å². The standard InChI is InChI=1S/C17H25NO2/c1-6-7-8-16(17(19)20-5)13(2)14-9-11-15(12-10-14)18(3)4/h9-12H,6-8H2,1-5H3/b16-13-. The molecule has 0 aliphatic carbocycles. The summed E-state index contributed by atoms with van der Waals surface area (Å²) in [5, 5.41) is 0. The highest BCUT2D eigenvalue weighted by molar-refractivity contribution is 5.97. The van der Waals surface area contributed by atoms with Crippen LogP contribution in [0.15, 0.2) is 29.8 Å². The van der Waals surface area contributed by atoms with E-state index in [9.17, 15) is 4.79 Å². The molecule has 1 aromatic rings. The van der Waals surface area contributed by atoms with Gasteiger partial charge in [-0.25, -0.2) is 4.79 Å². The molecular weight excluding hydrogens is 250 g/mol. The van der Waals surface area contributed by atoms with Crippen LogP contribution in [0, 0.1) is 0 Å². The molecule has 0 aliphatic rings. The Morgan fingerprint density at radius 3 is 2.25 bits per heavy atom. The van der Waals surface area contributed by atoms with Gasteiger partial charge in [0.25, 0.3) is 0 Å². The first-order chi connectivity index (χ1) is 9.51.